The molecule has 0 radical (unpaired) electrons. The third kappa shape index (κ3) is 66.6. The van der Waals surface area contributed by atoms with E-state index in [0.717, 1.165) is 148 Å². The van der Waals surface area contributed by atoms with Gasteiger partial charge in [0, 0.05) is 19.3 Å². The van der Waals surface area contributed by atoms with Gasteiger partial charge in [0.2, 0.25) is 0 Å². The van der Waals surface area contributed by atoms with Crippen LogP contribution >= 0.6 is 0 Å². The van der Waals surface area contributed by atoms with Crippen molar-refractivity contribution in [2.75, 3.05) is 13.2 Å². The summed E-state index contributed by atoms with van der Waals surface area (Å²) >= 11 is 0. The van der Waals surface area contributed by atoms with Gasteiger partial charge in [0.25, 0.3) is 0 Å². The Bertz CT molecular complexity index is 1690. The highest BCUT2D eigenvalue weighted by Gasteiger charge is 2.19. The molecule has 0 aliphatic rings. The van der Waals surface area contributed by atoms with Crippen molar-refractivity contribution in [1.82, 2.24) is 0 Å². The summed E-state index contributed by atoms with van der Waals surface area (Å²) in [5.41, 5.74) is 0. The van der Waals surface area contributed by atoms with Crippen molar-refractivity contribution in [3.8, 4) is 0 Å². The smallest absolute Gasteiger partial charge is 0.306 e. The Morgan fingerprint density at radius 1 is 0.256 bits per heavy atom. The van der Waals surface area contributed by atoms with Crippen molar-refractivity contribution in [2.24, 2.45) is 0 Å². The van der Waals surface area contributed by atoms with Crippen molar-refractivity contribution in [3.05, 3.63) is 122 Å². The van der Waals surface area contributed by atoms with Gasteiger partial charge in [0.15, 0.2) is 6.10 Å². The number of carbonyl (C=O) groups is 3. The minimum absolute atomic E-state index is 0.0936. The van der Waals surface area contributed by atoms with Crippen molar-refractivity contribution in [3.63, 3.8) is 0 Å². The maximum absolute atomic E-state index is 13.0. The van der Waals surface area contributed by atoms with Gasteiger partial charge in [-0.25, -0.2) is 0 Å². The van der Waals surface area contributed by atoms with Gasteiger partial charge >= 0.3 is 17.9 Å². The van der Waals surface area contributed by atoms with Gasteiger partial charge in [-0.3, -0.25) is 14.4 Å². The predicted octanol–water partition coefficient (Wildman–Crippen LogP) is 23.9. The molecule has 0 rings (SSSR count). The van der Waals surface area contributed by atoms with E-state index >= 15 is 0 Å². The zero-order chi connectivity index (χ0) is 59.2. The van der Waals surface area contributed by atoms with Crippen LogP contribution in [-0.2, 0) is 28.6 Å². The third-order valence-electron chi connectivity index (χ3n) is 14.7. The molecule has 0 aromatic carbocycles. The van der Waals surface area contributed by atoms with Crippen molar-refractivity contribution in [1.29, 1.82) is 0 Å². The molecule has 6 nitrogen and oxygen atoms in total. The number of hydrogen-bond donors (Lipinski definition) is 0. The normalized spacial score (nSPS) is 12.9. The second-order valence-electron chi connectivity index (χ2n) is 22.7. The van der Waals surface area contributed by atoms with Gasteiger partial charge in [-0.1, -0.05) is 290 Å². The Morgan fingerprint density at radius 3 is 0.768 bits per heavy atom. The van der Waals surface area contributed by atoms with E-state index in [1.165, 1.54) is 135 Å². The Balaban J connectivity index is 4.43. The van der Waals surface area contributed by atoms with Crippen LogP contribution in [0.3, 0.4) is 0 Å². The Hall–Kier alpha value is -4.19. The Labute approximate surface area is 507 Å². The van der Waals surface area contributed by atoms with E-state index in [-0.39, 0.29) is 31.1 Å². The first kappa shape index (κ1) is 77.8. The van der Waals surface area contributed by atoms with Crippen molar-refractivity contribution < 1.29 is 28.6 Å². The molecule has 0 saturated heterocycles. The van der Waals surface area contributed by atoms with E-state index in [9.17, 15) is 14.4 Å². The molecule has 468 valence electrons. The summed E-state index contributed by atoms with van der Waals surface area (Å²) in [7, 11) is 0. The molecule has 0 aliphatic carbocycles. The molecular weight excluding hydrogens is 1010 g/mol. The van der Waals surface area contributed by atoms with E-state index in [0.29, 0.717) is 19.3 Å². The molecule has 0 saturated carbocycles. The van der Waals surface area contributed by atoms with E-state index in [1.807, 2.05) is 0 Å². The molecule has 0 N–H and O–H groups in total. The number of ether oxygens (including phenoxy) is 3. The van der Waals surface area contributed by atoms with Crippen LogP contribution < -0.4 is 0 Å². The highest BCUT2D eigenvalue weighted by molar-refractivity contribution is 5.71. The summed E-state index contributed by atoms with van der Waals surface area (Å²) in [5.74, 6) is -0.918. The summed E-state index contributed by atoms with van der Waals surface area (Å²) in [6, 6.07) is 0. The topological polar surface area (TPSA) is 78.9 Å². The summed E-state index contributed by atoms with van der Waals surface area (Å²) in [4.78, 5) is 38.4. The number of allylic oxidation sites excluding steroid dienone is 20. The molecule has 0 spiro atoms. The van der Waals surface area contributed by atoms with E-state index in [4.69, 9.17) is 14.2 Å². The lowest BCUT2D eigenvalue weighted by molar-refractivity contribution is -0.167. The number of hydrogen-bond acceptors (Lipinski definition) is 6. The molecule has 82 heavy (non-hydrogen) atoms. The van der Waals surface area contributed by atoms with Gasteiger partial charge in [-0.05, 0) is 135 Å². The van der Waals surface area contributed by atoms with Gasteiger partial charge in [-0.15, -0.1) is 0 Å². The molecule has 1 unspecified atom stereocenters. The average Bonchev–Trinajstić information content (AvgIpc) is 3.47. The predicted molar refractivity (Wildman–Crippen MR) is 357 cm³/mol. The zero-order valence-electron chi connectivity index (χ0n) is 53.7. The molecule has 0 bridgehead atoms. The Kier molecular flexibility index (Phi) is 65.8. The quantitative estimate of drug-likeness (QED) is 0.0261. The fraction of sp³-hybridized carbons (Fsp3) is 0.697. The maximum atomic E-state index is 13.0. The lowest BCUT2D eigenvalue weighted by Gasteiger charge is -2.18. The maximum Gasteiger partial charge on any atom is 0.306 e. The molecule has 6 heteroatoms. The Morgan fingerprint density at radius 2 is 0.476 bits per heavy atom. The standard InChI is InChI=1S/C76H128O6/c1-4-7-10-13-16-19-22-25-28-31-33-35-36-37-38-39-40-42-43-45-48-51-54-57-60-63-66-69-75(78)81-72-73(71-80-74(77)68-65-62-59-56-53-50-47-30-27-24-21-18-15-12-9-6-3)82-76(79)70-67-64-61-58-55-52-49-46-44-41-34-32-29-26-23-20-17-14-11-8-5-2/h7,10,16,19,21,24-25,28,30,32-35,37-38,40,42,45,47-48,73H,4-6,8-9,11-15,17-18,20,22-23,26-27,29,31,36,39,41,43-44,46,49-72H2,1-3H3/b10-7-,19-16-,24-21-,28-25-,34-32-,35-33-,38-37-,42-40-,47-30-,48-45-. The minimum Gasteiger partial charge on any atom is -0.462 e. The molecule has 0 aromatic rings. The van der Waals surface area contributed by atoms with Crippen LogP contribution in [0.5, 0.6) is 0 Å². The first-order chi connectivity index (χ1) is 40.5. The van der Waals surface area contributed by atoms with E-state index < -0.39 is 6.10 Å². The second kappa shape index (κ2) is 69.3. The molecule has 1 atom stereocenters. The van der Waals surface area contributed by atoms with Crippen LogP contribution in [-0.4, -0.2) is 37.2 Å². The lowest BCUT2D eigenvalue weighted by atomic mass is 10.1. The average molecular weight is 1140 g/mol. The number of rotatable bonds is 62. The summed E-state index contributed by atoms with van der Waals surface area (Å²) in [5, 5.41) is 0. The highest BCUT2D eigenvalue weighted by Crippen LogP contribution is 2.16. The highest BCUT2D eigenvalue weighted by atomic mass is 16.6. The SMILES string of the molecule is CC/C=C\C/C=C\C/C=C\C/C=C\C/C=C\C/C=C\C/C=C\CCCCCCCC(=O)OCC(COC(=O)CCCCCCC/C=C\C/C=C\CCCCCC)OC(=O)CCCCCCCCCCC/C=C\CCCCCCCCCC. The molecule has 0 aromatic heterocycles. The van der Waals surface area contributed by atoms with Crippen LogP contribution in [0.25, 0.3) is 0 Å². The molecular formula is C76H128O6. The van der Waals surface area contributed by atoms with Crippen molar-refractivity contribution in [2.45, 2.75) is 329 Å². The summed E-state index contributed by atoms with van der Waals surface area (Å²) in [6.07, 6.45) is 96.3. The summed E-state index contributed by atoms with van der Waals surface area (Å²) < 4.78 is 17.0. The van der Waals surface area contributed by atoms with Crippen LogP contribution in [0.1, 0.15) is 323 Å². The fourth-order valence-electron chi connectivity index (χ4n) is 9.51. The van der Waals surface area contributed by atoms with Gasteiger partial charge in [0.05, 0.1) is 0 Å². The van der Waals surface area contributed by atoms with Crippen molar-refractivity contribution >= 4 is 17.9 Å². The first-order valence-corrected chi connectivity index (χ1v) is 34.5. The van der Waals surface area contributed by atoms with Crippen LogP contribution in [0.2, 0.25) is 0 Å². The molecule has 0 amide bonds. The van der Waals surface area contributed by atoms with Gasteiger partial charge < -0.3 is 14.2 Å². The molecule has 0 heterocycles. The fourth-order valence-corrected chi connectivity index (χ4v) is 9.51. The molecule has 0 aliphatic heterocycles. The van der Waals surface area contributed by atoms with Crippen LogP contribution in [0.4, 0.5) is 0 Å². The molecule has 0 fully saturated rings. The largest absolute Gasteiger partial charge is 0.462 e. The number of carbonyl (C=O) groups excluding carboxylic acids is 3. The number of unbranched alkanes of at least 4 members (excludes halogenated alkanes) is 31. The van der Waals surface area contributed by atoms with E-state index in [2.05, 4.69) is 142 Å². The minimum atomic E-state index is -0.799. The van der Waals surface area contributed by atoms with Gasteiger partial charge in [-0.2, -0.15) is 0 Å². The first-order valence-electron chi connectivity index (χ1n) is 34.5. The number of esters is 3. The van der Waals surface area contributed by atoms with E-state index in [1.54, 1.807) is 0 Å². The lowest BCUT2D eigenvalue weighted by Crippen LogP contribution is -2.30. The second-order valence-corrected chi connectivity index (χ2v) is 22.7. The zero-order valence-corrected chi connectivity index (χ0v) is 53.7. The monoisotopic (exact) mass is 1140 g/mol. The van der Waals surface area contributed by atoms with Crippen LogP contribution in [0, 0.1) is 0 Å². The third-order valence-corrected chi connectivity index (χ3v) is 14.7. The van der Waals surface area contributed by atoms with Gasteiger partial charge in [0.1, 0.15) is 13.2 Å². The summed E-state index contributed by atoms with van der Waals surface area (Å²) in [6.45, 7) is 6.51. The van der Waals surface area contributed by atoms with Crippen LogP contribution in [0.15, 0.2) is 122 Å².